The second-order valence-electron chi connectivity index (χ2n) is 9.81. The molecule has 0 unspecified atom stereocenters. The molecule has 6 rings (SSSR count). The molecule has 2 fully saturated rings. The van der Waals surface area contributed by atoms with Gasteiger partial charge >= 0.3 is 0 Å². The number of guanidine groups is 1. The fraction of sp³-hybridized carbons (Fsp3) is 0.500. The molecule has 1 amide bonds. The van der Waals surface area contributed by atoms with Crippen LogP contribution in [0.25, 0.3) is 0 Å². The number of amides is 1. The topological polar surface area (TPSA) is 93.9 Å². The molecule has 2 N–H and O–H groups in total. The maximum Gasteiger partial charge on any atom is 0.263 e. The molecule has 1 atom stereocenters. The van der Waals surface area contributed by atoms with Gasteiger partial charge < -0.3 is 14.9 Å². The molecule has 0 bridgehead atoms. The van der Waals surface area contributed by atoms with Crippen molar-refractivity contribution >= 4 is 11.9 Å². The molecule has 170 valence electrons. The number of oxazole rings is 1. The van der Waals surface area contributed by atoms with Crippen LogP contribution in [0.5, 0.6) is 0 Å². The summed E-state index contributed by atoms with van der Waals surface area (Å²) >= 11 is 0. The number of nitrogens with two attached hydrogens (primary N) is 1. The maximum atomic E-state index is 14.2. The lowest BCUT2D eigenvalue weighted by atomic mass is 9.61. The fourth-order valence-electron chi connectivity index (χ4n) is 5.97. The Morgan fingerprint density at radius 3 is 2.79 bits per heavy atom. The average molecular weight is 445 g/mol. The minimum absolute atomic E-state index is 0.0832. The maximum absolute atomic E-state index is 14.2. The second kappa shape index (κ2) is 7.46. The van der Waals surface area contributed by atoms with Gasteiger partial charge in [-0.05, 0) is 68.2 Å². The van der Waals surface area contributed by atoms with Gasteiger partial charge in [0.15, 0.2) is 11.5 Å². The number of rotatable bonds is 3. The zero-order valence-corrected chi connectivity index (χ0v) is 18.8. The molecule has 2 aromatic rings. The van der Waals surface area contributed by atoms with Gasteiger partial charge in [0.05, 0.1) is 12.3 Å². The van der Waals surface area contributed by atoms with Crippen LogP contribution < -0.4 is 5.73 Å². The minimum atomic E-state index is -1.03. The number of carbonyl (C=O) groups excluding carboxylic acids is 1. The summed E-state index contributed by atoms with van der Waals surface area (Å²) < 4.78 is 11.1. The number of hydrogen-bond acceptors (Lipinski definition) is 6. The number of ether oxygens (including phenoxy) is 1. The Balaban J connectivity index is 1.45. The smallest absolute Gasteiger partial charge is 0.263 e. The summed E-state index contributed by atoms with van der Waals surface area (Å²) in [6.07, 6.45) is 10.00. The number of fused-ring (bicyclic) bond motifs is 3. The third-order valence-corrected chi connectivity index (χ3v) is 7.91. The van der Waals surface area contributed by atoms with Gasteiger partial charge in [0.25, 0.3) is 5.91 Å². The van der Waals surface area contributed by atoms with Gasteiger partial charge in [-0.25, -0.2) is 9.98 Å². The van der Waals surface area contributed by atoms with Crippen LogP contribution in [0.1, 0.15) is 61.1 Å². The van der Waals surface area contributed by atoms with Crippen molar-refractivity contribution in [1.29, 1.82) is 0 Å². The molecule has 0 radical (unpaired) electrons. The van der Waals surface area contributed by atoms with E-state index in [1.165, 1.54) is 29.6 Å². The van der Waals surface area contributed by atoms with Crippen LogP contribution in [0.2, 0.25) is 0 Å². The molecule has 2 saturated carbocycles. The van der Waals surface area contributed by atoms with Crippen LogP contribution in [-0.2, 0) is 28.0 Å². The zero-order valence-electron chi connectivity index (χ0n) is 18.8. The summed E-state index contributed by atoms with van der Waals surface area (Å²) in [5.41, 5.74) is 8.14. The molecule has 7 heteroatoms. The zero-order chi connectivity index (χ0) is 22.6. The number of methoxy groups -OCH3 is 1. The van der Waals surface area contributed by atoms with Crippen molar-refractivity contribution in [3.8, 4) is 11.8 Å². The van der Waals surface area contributed by atoms with E-state index in [1.807, 2.05) is 0 Å². The van der Waals surface area contributed by atoms with Gasteiger partial charge in [0.2, 0.25) is 5.89 Å². The predicted molar refractivity (Wildman–Crippen MR) is 122 cm³/mol. The molecule has 0 saturated heterocycles. The van der Waals surface area contributed by atoms with Crippen LogP contribution in [0.4, 0.5) is 0 Å². The lowest BCUT2D eigenvalue weighted by Gasteiger charge is -2.45. The number of aromatic nitrogens is 1. The predicted octanol–water partition coefficient (Wildman–Crippen LogP) is 3.12. The van der Waals surface area contributed by atoms with Gasteiger partial charge in [-0.15, -0.1) is 0 Å². The summed E-state index contributed by atoms with van der Waals surface area (Å²) in [4.78, 5) is 25.0. The summed E-state index contributed by atoms with van der Waals surface area (Å²) in [6.45, 7) is 0.177. The quantitative estimate of drug-likeness (QED) is 0.734. The fourth-order valence-corrected chi connectivity index (χ4v) is 5.97. The lowest BCUT2D eigenvalue weighted by molar-refractivity contribution is -0.138. The van der Waals surface area contributed by atoms with Crippen LogP contribution in [-0.4, -0.2) is 35.0 Å². The van der Waals surface area contributed by atoms with E-state index in [-0.39, 0.29) is 29.9 Å². The summed E-state index contributed by atoms with van der Waals surface area (Å²) in [5.74, 6) is 7.77. The van der Waals surface area contributed by atoms with E-state index in [2.05, 4.69) is 35.0 Å². The standard InChI is InChI=1S/C26H28N4O3/c1-32-20-8-10-25(11-9-20)15-19-7-6-18(5-4-17-2-3-17)14-21(19)26(25)23(31)30(24(27)29-26)16-22-28-12-13-33-22/h6-7,12-14,17,20H,2-3,8-11,15-16H2,1H3,(H2,27,29)/t20?,25?,26-/m1/s1. The third kappa shape index (κ3) is 3.12. The van der Waals surface area contributed by atoms with Crippen molar-refractivity contribution in [3.63, 3.8) is 0 Å². The molecule has 3 aliphatic carbocycles. The highest BCUT2D eigenvalue weighted by atomic mass is 16.5. The molecule has 7 nitrogen and oxygen atoms in total. The Kier molecular flexibility index (Phi) is 4.63. The molecular weight excluding hydrogens is 416 g/mol. The first-order valence-electron chi connectivity index (χ1n) is 11.8. The molecular formula is C26H28N4O3. The Labute approximate surface area is 193 Å². The van der Waals surface area contributed by atoms with Crippen LogP contribution in [0.15, 0.2) is 40.1 Å². The van der Waals surface area contributed by atoms with Crippen LogP contribution >= 0.6 is 0 Å². The number of aliphatic imine (C=N–C) groups is 1. The molecule has 1 aromatic heterocycles. The number of hydrogen-bond donors (Lipinski definition) is 1. The van der Waals surface area contributed by atoms with E-state index >= 15 is 0 Å². The molecule has 33 heavy (non-hydrogen) atoms. The van der Waals surface area contributed by atoms with Crippen molar-refractivity contribution in [1.82, 2.24) is 9.88 Å². The van der Waals surface area contributed by atoms with Gasteiger partial charge in [-0.3, -0.25) is 9.69 Å². The van der Waals surface area contributed by atoms with Crippen molar-refractivity contribution in [2.45, 2.75) is 63.1 Å². The number of carbonyl (C=O) groups is 1. The molecule has 1 aromatic carbocycles. The van der Waals surface area contributed by atoms with Crippen molar-refractivity contribution < 1.29 is 13.9 Å². The van der Waals surface area contributed by atoms with Crippen molar-refractivity contribution in [3.05, 3.63) is 53.2 Å². The average Bonchev–Trinajstić information content (AvgIpc) is 3.36. The van der Waals surface area contributed by atoms with Crippen molar-refractivity contribution in [2.75, 3.05) is 7.11 Å². The van der Waals surface area contributed by atoms with E-state index in [0.717, 1.165) is 43.2 Å². The highest BCUT2D eigenvalue weighted by Crippen LogP contribution is 2.62. The highest BCUT2D eigenvalue weighted by molar-refractivity contribution is 6.08. The molecule has 4 aliphatic rings. The van der Waals surface area contributed by atoms with Crippen LogP contribution in [0, 0.1) is 23.2 Å². The number of benzene rings is 1. The van der Waals surface area contributed by atoms with E-state index in [0.29, 0.717) is 11.8 Å². The first-order chi connectivity index (χ1) is 16.0. The van der Waals surface area contributed by atoms with Gasteiger partial charge in [-0.1, -0.05) is 17.9 Å². The van der Waals surface area contributed by atoms with E-state index in [9.17, 15) is 4.79 Å². The second-order valence-corrected chi connectivity index (χ2v) is 9.81. The van der Waals surface area contributed by atoms with Gasteiger partial charge in [0.1, 0.15) is 12.8 Å². The van der Waals surface area contributed by atoms with E-state index in [4.69, 9.17) is 19.9 Å². The summed E-state index contributed by atoms with van der Waals surface area (Å²) in [7, 11) is 1.77. The third-order valence-electron chi connectivity index (χ3n) is 7.91. The number of nitrogens with zero attached hydrogens (tertiary/aromatic N) is 3. The molecule has 2 heterocycles. The summed E-state index contributed by atoms with van der Waals surface area (Å²) in [5, 5.41) is 0. The van der Waals surface area contributed by atoms with E-state index < -0.39 is 5.54 Å². The Bertz CT molecular complexity index is 1180. The minimum Gasteiger partial charge on any atom is -0.447 e. The highest BCUT2D eigenvalue weighted by Gasteiger charge is 2.66. The van der Waals surface area contributed by atoms with Gasteiger partial charge in [-0.2, -0.15) is 0 Å². The Morgan fingerprint density at radius 2 is 2.09 bits per heavy atom. The van der Waals surface area contributed by atoms with Crippen molar-refractivity contribution in [2.24, 2.45) is 22.1 Å². The monoisotopic (exact) mass is 444 g/mol. The normalized spacial score (nSPS) is 30.5. The Hall–Kier alpha value is -3.11. The SMILES string of the molecule is COC1CCC2(CC1)Cc1ccc(C#CC3CC3)cc1[C@]21N=C(N)N(Cc2ncco2)C1=O. The molecule has 2 spiro atoms. The molecule has 1 aliphatic heterocycles. The Morgan fingerprint density at radius 1 is 1.27 bits per heavy atom. The first-order valence-corrected chi connectivity index (χ1v) is 11.8. The lowest BCUT2D eigenvalue weighted by Crippen LogP contribution is -2.52. The van der Waals surface area contributed by atoms with Crippen LogP contribution in [0.3, 0.4) is 0 Å². The summed E-state index contributed by atoms with van der Waals surface area (Å²) in [6, 6.07) is 6.31. The van der Waals surface area contributed by atoms with E-state index in [1.54, 1.807) is 13.3 Å². The largest absolute Gasteiger partial charge is 0.447 e. The van der Waals surface area contributed by atoms with Gasteiger partial charge in [0, 0.05) is 24.0 Å². The first kappa shape index (κ1) is 20.5.